The Kier molecular flexibility index (Phi) is 5.73. The lowest BCUT2D eigenvalue weighted by Crippen LogP contribution is -2.21. The maximum absolute atomic E-state index is 12.3. The van der Waals surface area contributed by atoms with Gasteiger partial charge in [0.05, 0.1) is 6.20 Å². The number of alkyl halides is 3. The van der Waals surface area contributed by atoms with Crippen molar-refractivity contribution in [1.29, 1.82) is 0 Å². The van der Waals surface area contributed by atoms with Crippen LogP contribution in [-0.2, 0) is 0 Å². The summed E-state index contributed by atoms with van der Waals surface area (Å²) < 4.78 is 41.6. The molecule has 7 nitrogen and oxygen atoms in total. The average molecular weight is 355 g/mol. The number of ether oxygens (including phenoxy) is 1. The summed E-state index contributed by atoms with van der Waals surface area (Å²) in [6.07, 6.45) is -0.639. The molecule has 0 aliphatic carbocycles. The third-order valence-electron chi connectivity index (χ3n) is 2.73. The molecule has 2 aromatic rings. The van der Waals surface area contributed by atoms with Crippen LogP contribution in [0.15, 0.2) is 30.7 Å². The number of hydrogen-bond donors (Lipinski definition) is 2. The van der Waals surface area contributed by atoms with Gasteiger partial charge < -0.3 is 15.4 Å². The smallest absolute Gasteiger partial charge is 0.422 e. The van der Waals surface area contributed by atoms with E-state index in [2.05, 4.69) is 30.3 Å². The van der Waals surface area contributed by atoms with E-state index in [9.17, 15) is 18.0 Å². The van der Waals surface area contributed by atoms with E-state index in [1.807, 2.05) is 13.8 Å². The minimum absolute atomic E-state index is 0.00808. The van der Waals surface area contributed by atoms with Crippen LogP contribution < -0.4 is 15.4 Å². The van der Waals surface area contributed by atoms with Crippen LogP contribution in [0, 0.1) is 0 Å². The zero-order valence-corrected chi connectivity index (χ0v) is 13.5. The zero-order chi connectivity index (χ0) is 18.4. The van der Waals surface area contributed by atoms with E-state index >= 15 is 0 Å². The molecule has 0 aliphatic rings. The number of rotatable bonds is 6. The Morgan fingerprint density at radius 3 is 2.72 bits per heavy atom. The van der Waals surface area contributed by atoms with Crippen molar-refractivity contribution in [2.75, 3.05) is 17.2 Å². The van der Waals surface area contributed by atoms with E-state index in [0.717, 1.165) is 0 Å². The van der Waals surface area contributed by atoms with Crippen molar-refractivity contribution in [3.05, 3.63) is 36.4 Å². The third kappa shape index (κ3) is 5.90. The Bertz CT molecular complexity index is 737. The summed E-state index contributed by atoms with van der Waals surface area (Å²) in [4.78, 5) is 24.1. The van der Waals surface area contributed by atoms with Crippen LogP contribution in [0.1, 0.15) is 24.3 Å². The number of halogens is 3. The van der Waals surface area contributed by atoms with Gasteiger partial charge in [0.2, 0.25) is 5.95 Å². The van der Waals surface area contributed by atoms with Crippen molar-refractivity contribution in [3.8, 4) is 5.75 Å². The Labute approximate surface area is 141 Å². The first-order valence-corrected chi connectivity index (χ1v) is 7.29. The van der Waals surface area contributed by atoms with Gasteiger partial charge >= 0.3 is 6.18 Å². The fraction of sp³-hybridized carbons (Fsp3) is 0.333. The van der Waals surface area contributed by atoms with Crippen molar-refractivity contribution >= 4 is 17.5 Å². The quantitative estimate of drug-likeness (QED) is 0.828. The van der Waals surface area contributed by atoms with Crippen LogP contribution >= 0.6 is 0 Å². The van der Waals surface area contributed by atoms with Gasteiger partial charge in [-0.1, -0.05) is 0 Å². The second-order valence-electron chi connectivity index (χ2n) is 5.29. The average Bonchev–Trinajstić information content (AvgIpc) is 2.53. The first-order valence-electron chi connectivity index (χ1n) is 7.29. The molecule has 2 N–H and O–H groups in total. The number of carbonyl (C=O) groups excluding carboxylic acids is 1. The maximum Gasteiger partial charge on any atom is 0.422 e. The molecule has 0 fully saturated rings. The number of nitrogens with zero attached hydrogens (tertiary/aromatic N) is 3. The number of hydrogen-bond acceptors (Lipinski definition) is 6. The van der Waals surface area contributed by atoms with Crippen molar-refractivity contribution in [2.45, 2.75) is 26.1 Å². The molecule has 2 rings (SSSR count). The number of carbonyl (C=O) groups is 1. The minimum Gasteiger partial charge on any atom is -0.482 e. The van der Waals surface area contributed by atoms with Crippen LogP contribution in [0.3, 0.4) is 0 Å². The van der Waals surface area contributed by atoms with Gasteiger partial charge in [-0.3, -0.25) is 9.78 Å². The summed E-state index contributed by atoms with van der Waals surface area (Å²) >= 11 is 0. The zero-order valence-electron chi connectivity index (χ0n) is 13.5. The SMILES string of the molecule is CC(C)Nc1nccc(C(=O)Nc2cnccc2OCC(F)(F)F)n1. The Balaban J connectivity index is 2.13. The van der Waals surface area contributed by atoms with Crippen molar-refractivity contribution in [3.63, 3.8) is 0 Å². The van der Waals surface area contributed by atoms with Crippen molar-refractivity contribution in [2.24, 2.45) is 0 Å². The van der Waals surface area contributed by atoms with E-state index in [1.165, 1.54) is 30.7 Å². The summed E-state index contributed by atoms with van der Waals surface area (Å²) in [5.41, 5.74) is 0.0532. The Hall–Kier alpha value is -2.91. The second-order valence-corrected chi connectivity index (χ2v) is 5.29. The van der Waals surface area contributed by atoms with E-state index in [4.69, 9.17) is 0 Å². The number of amides is 1. The third-order valence-corrected chi connectivity index (χ3v) is 2.73. The van der Waals surface area contributed by atoms with Crippen molar-refractivity contribution in [1.82, 2.24) is 15.0 Å². The van der Waals surface area contributed by atoms with Gasteiger partial charge in [0, 0.05) is 24.5 Å². The molecule has 0 unspecified atom stereocenters. The summed E-state index contributed by atoms with van der Waals surface area (Å²) in [5, 5.41) is 5.38. The minimum atomic E-state index is -4.49. The lowest BCUT2D eigenvalue weighted by Gasteiger charge is -2.13. The fourth-order valence-corrected chi connectivity index (χ4v) is 1.76. The van der Waals surface area contributed by atoms with Gasteiger partial charge in [-0.25, -0.2) is 9.97 Å². The molecule has 2 heterocycles. The molecule has 0 spiro atoms. The molecule has 25 heavy (non-hydrogen) atoms. The molecular formula is C15H16F3N5O2. The highest BCUT2D eigenvalue weighted by Gasteiger charge is 2.29. The van der Waals surface area contributed by atoms with Crippen LogP contribution in [0.5, 0.6) is 5.75 Å². The fourth-order valence-electron chi connectivity index (χ4n) is 1.76. The molecule has 0 saturated carbocycles. The van der Waals surface area contributed by atoms with Crippen LogP contribution in [0.2, 0.25) is 0 Å². The predicted molar refractivity (Wildman–Crippen MR) is 84.5 cm³/mol. The van der Waals surface area contributed by atoms with Gasteiger partial charge in [0.25, 0.3) is 5.91 Å². The molecule has 10 heteroatoms. The van der Waals surface area contributed by atoms with Gasteiger partial charge in [0.15, 0.2) is 6.61 Å². The van der Waals surface area contributed by atoms with Gasteiger partial charge in [-0.2, -0.15) is 13.2 Å². The van der Waals surface area contributed by atoms with Gasteiger partial charge in [-0.05, 0) is 19.9 Å². The number of pyridine rings is 1. The monoisotopic (exact) mass is 355 g/mol. The second kappa shape index (κ2) is 7.77. The lowest BCUT2D eigenvalue weighted by atomic mass is 10.3. The van der Waals surface area contributed by atoms with Gasteiger partial charge in [-0.15, -0.1) is 0 Å². The first kappa shape index (κ1) is 18.4. The van der Waals surface area contributed by atoms with Crippen molar-refractivity contribution < 1.29 is 22.7 Å². The topological polar surface area (TPSA) is 89.0 Å². The number of anilines is 2. The molecule has 0 bridgehead atoms. The van der Waals surface area contributed by atoms with Crippen LogP contribution in [0.4, 0.5) is 24.8 Å². The standard InChI is InChI=1S/C15H16F3N5O2/c1-9(2)21-14-20-6-3-10(23-14)13(24)22-11-7-19-5-4-12(11)25-8-15(16,17)18/h3-7,9H,8H2,1-2H3,(H,22,24)(H,20,21,23). The molecule has 0 aromatic carbocycles. The molecule has 1 amide bonds. The summed E-state index contributed by atoms with van der Waals surface area (Å²) in [6.45, 7) is 2.29. The summed E-state index contributed by atoms with van der Waals surface area (Å²) in [6, 6.07) is 2.68. The van der Waals surface area contributed by atoms with Gasteiger partial charge in [0.1, 0.15) is 17.1 Å². The van der Waals surface area contributed by atoms with E-state index < -0.39 is 18.7 Å². The van der Waals surface area contributed by atoms with E-state index in [-0.39, 0.29) is 29.1 Å². The Morgan fingerprint density at radius 1 is 1.28 bits per heavy atom. The van der Waals surface area contributed by atoms with E-state index in [1.54, 1.807) is 0 Å². The van der Waals surface area contributed by atoms with Crippen LogP contribution in [-0.4, -0.2) is 39.7 Å². The predicted octanol–water partition coefficient (Wildman–Crippen LogP) is 2.89. The first-order chi connectivity index (χ1) is 11.7. The van der Waals surface area contributed by atoms with Crippen LogP contribution in [0.25, 0.3) is 0 Å². The summed E-state index contributed by atoms with van der Waals surface area (Å²) in [7, 11) is 0. The summed E-state index contributed by atoms with van der Waals surface area (Å²) in [5.74, 6) is -0.503. The van der Waals surface area contributed by atoms with E-state index in [0.29, 0.717) is 0 Å². The molecule has 0 saturated heterocycles. The largest absolute Gasteiger partial charge is 0.482 e. The number of nitrogens with one attached hydrogen (secondary N) is 2. The Morgan fingerprint density at radius 2 is 2.04 bits per heavy atom. The lowest BCUT2D eigenvalue weighted by molar-refractivity contribution is -0.153. The normalized spacial score (nSPS) is 11.3. The molecule has 134 valence electrons. The molecule has 0 radical (unpaired) electrons. The molecule has 2 aromatic heterocycles. The highest BCUT2D eigenvalue weighted by atomic mass is 19.4. The number of aromatic nitrogens is 3. The highest BCUT2D eigenvalue weighted by Crippen LogP contribution is 2.25. The highest BCUT2D eigenvalue weighted by molar-refractivity contribution is 6.03. The molecular weight excluding hydrogens is 339 g/mol. The maximum atomic E-state index is 12.3. The molecule has 0 atom stereocenters. The molecule has 0 aliphatic heterocycles.